The molecule has 0 saturated carbocycles. The van der Waals surface area contributed by atoms with Crippen molar-refractivity contribution in [2.45, 2.75) is 116 Å². The maximum Gasteiger partial charge on any atom is 0.404 e. The number of esters is 1. The van der Waals surface area contributed by atoms with Crippen LogP contribution >= 0.6 is 0 Å². The molecule has 0 aromatic rings. The van der Waals surface area contributed by atoms with Crippen molar-refractivity contribution in [1.82, 2.24) is 15.7 Å². The number of carbonyl (C=O) groups excluding carboxylic acids is 3. The van der Waals surface area contributed by atoms with Gasteiger partial charge in [0.15, 0.2) is 0 Å². The predicted octanol–water partition coefficient (Wildman–Crippen LogP) is 2.94. The van der Waals surface area contributed by atoms with Gasteiger partial charge in [0, 0.05) is 13.1 Å². The van der Waals surface area contributed by atoms with Crippen molar-refractivity contribution in [3.05, 3.63) is 0 Å². The van der Waals surface area contributed by atoms with Crippen LogP contribution in [0.15, 0.2) is 0 Å². The van der Waals surface area contributed by atoms with Crippen molar-refractivity contribution in [1.29, 1.82) is 0 Å². The van der Waals surface area contributed by atoms with E-state index in [1.54, 1.807) is 13.8 Å². The van der Waals surface area contributed by atoms with Gasteiger partial charge in [-0.15, -0.1) is 0 Å². The van der Waals surface area contributed by atoms with Crippen molar-refractivity contribution in [3.8, 4) is 0 Å². The van der Waals surface area contributed by atoms with Gasteiger partial charge in [0.2, 0.25) is 5.91 Å². The van der Waals surface area contributed by atoms with E-state index in [4.69, 9.17) is 15.6 Å². The van der Waals surface area contributed by atoms with E-state index in [-0.39, 0.29) is 13.1 Å². The lowest BCUT2D eigenvalue weighted by molar-refractivity contribution is -0.169. The summed E-state index contributed by atoms with van der Waals surface area (Å²) in [6, 6.07) is -1.71. The normalized spacial score (nSPS) is 18.2. The van der Waals surface area contributed by atoms with Gasteiger partial charge in [0.25, 0.3) is 5.91 Å². The van der Waals surface area contributed by atoms with Crippen LogP contribution in [0.4, 0.5) is 4.79 Å². The maximum atomic E-state index is 13.3. The first kappa shape index (κ1) is 31.6. The van der Waals surface area contributed by atoms with Crippen LogP contribution < -0.4 is 16.4 Å². The van der Waals surface area contributed by atoms with E-state index in [2.05, 4.69) is 17.6 Å². The number of hydrogen-bond donors (Lipinski definition) is 5. The molecule has 0 spiro atoms. The Hall–Kier alpha value is -2.40. The van der Waals surface area contributed by atoms with Crippen LogP contribution in [-0.4, -0.2) is 70.5 Å². The minimum atomic E-state index is -1.13. The lowest BCUT2D eigenvalue weighted by Crippen LogP contribution is -2.54. The maximum absolute atomic E-state index is 13.3. The Labute approximate surface area is 214 Å². The summed E-state index contributed by atoms with van der Waals surface area (Å²) in [6.45, 7) is 6.01. The number of carbonyl (C=O) groups is 4. The SMILES string of the molecule is CCCCCCC[C@H](OC(=O)[C@@H](N)CCCCNC(=O)O)C(C)(C)C(=O)N[C@H]1CCCCN(O)C1=O. The molecule has 1 heterocycles. The highest BCUT2D eigenvalue weighted by molar-refractivity contribution is 5.90. The molecule has 36 heavy (non-hydrogen) atoms. The van der Waals surface area contributed by atoms with E-state index in [0.29, 0.717) is 50.0 Å². The second kappa shape index (κ2) is 16.4. The Morgan fingerprint density at radius 2 is 1.78 bits per heavy atom. The zero-order valence-corrected chi connectivity index (χ0v) is 22.1. The largest absolute Gasteiger partial charge is 0.465 e. The summed E-state index contributed by atoms with van der Waals surface area (Å²) in [5.74, 6) is -1.56. The molecule has 1 saturated heterocycles. The molecule has 1 fully saturated rings. The molecule has 0 aromatic carbocycles. The van der Waals surface area contributed by atoms with Crippen LogP contribution in [-0.2, 0) is 19.1 Å². The van der Waals surface area contributed by atoms with Crippen LogP contribution in [0.25, 0.3) is 0 Å². The Balaban J connectivity index is 2.80. The zero-order valence-electron chi connectivity index (χ0n) is 22.1. The quantitative estimate of drug-likeness (QED) is 0.119. The van der Waals surface area contributed by atoms with Gasteiger partial charge in [-0.25, -0.2) is 9.86 Å². The van der Waals surface area contributed by atoms with Crippen molar-refractivity contribution in [2.24, 2.45) is 11.1 Å². The number of ether oxygens (including phenoxy) is 1. The number of amides is 3. The van der Waals surface area contributed by atoms with E-state index < -0.39 is 47.5 Å². The number of hydroxylamine groups is 2. The first-order valence-electron chi connectivity index (χ1n) is 13.2. The third-order valence-electron chi connectivity index (χ3n) is 6.71. The van der Waals surface area contributed by atoms with E-state index in [0.717, 1.165) is 32.1 Å². The summed E-state index contributed by atoms with van der Waals surface area (Å²) in [5, 5.41) is 24.2. The smallest absolute Gasteiger partial charge is 0.404 e. The molecule has 1 aliphatic heterocycles. The molecule has 11 heteroatoms. The van der Waals surface area contributed by atoms with Gasteiger partial charge in [0.05, 0.1) is 5.41 Å². The summed E-state index contributed by atoms with van der Waals surface area (Å²) in [5.41, 5.74) is 4.91. The first-order valence-corrected chi connectivity index (χ1v) is 13.2. The Morgan fingerprint density at radius 3 is 2.44 bits per heavy atom. The molecule has 0 radical (unpaired) electrons. The average Bonchev–Trinajstić information content (AvgIpc) is 2.98. The number of unbranched alkanes of at least 4 members (excludes halogenated alkanes) is 5. The van der Waals surface area contributed by atoms with Gasteiger partial charge in [-0.3, -0.25) is 19.6 Å². The minimum Gasteiger partial charge on any atom is -0.465 e. The number of nitrogens with one attached hydrogen (secondary N) is 2. The molecule has 1 aliphatic rings. The fourth-order valence-corrected chi connectivity index (χ4v) is 4.18. The third kappa shape index (κ3) is 11.1. The Morgan fingerprint density at radius 1 is 1.11 bits per heavy atom. The lowest BCUT2D eigenvalue weighted by atomic mass is 9.82. The fourth-order valence-electron chi connectivity index (χ4n) is 4.18. The second-order valence-electron chi connectivity index (χ2n) is 10.2. The second-order valence-corrected chi connectivity index (χ2v) is 10.2. The molecule has 0 bridgehead atoms. The molecule has 1 rings (SSSR count). The fraction of sp³-hybridized carbons (Fsp3) is 0.840. The number of rotatable bonds is 16. The van der Waals surface area contributed by atoms with Crippen LogP contribution in [0.2, 0.25) is 0 Å². The Kier molecular flexibility index (Phi) is 14.4. The molecule has 3 atom stereocenters. The van der Waals surface area contributed by atoms with Crippen molar-refractivity contribution >= 4 is 23.9 Å². The van der Waals surface area contributed by atoms with Gasteiger partial charge in [0.1, 0.15) is 18.2 Å². The summed E-state index contributed by atoms with van der Waals surface area (Å²) in [7, 11) is 0. The highest BCUT2D eigenvalue weighted by atomic mass is 16.5. The van der Waals surface area contributed by atoms with E-state index in [1.165, 1.54) is 0 Å². The first-order chi connectivity index (χ1) is 17.0. The summed E-state index contributed by atoms with van der Waals surface area (Å²) >= 11 is 0. The molecule has 0 aromatic heterocycles. The summed E-state index contributed by atoms with van der Waals surface area (Å²) < 4.78 is 5.78. The van der Waals surface area contributed by atoms with E-state index >= 15 is 0 Å². The van der Waals surface area contributed by atoms with E-state index in [1.807, 2.05) is 0 Å². The molecule has 0 unspecified atom stereocenters. The number of nitrogens with zero attached hydrogens (tertiary/aromatic N) is 1. The average molecular weight is 515 g/mol. The molecular formula is C25H46N4O7. The zero-order chi connectivity index (χ0) is 27.1. The predicted molar refractivity (Wildman–Crippen MR) is 134 cm³/mol. The van der Waals surface area contributed by atoms with Gasteiger partial charge in [-0.05, 0) is 65.2 Å². The molecular weight excluding hydrogens is 468 g/mol. The molecule has 11 nitrogen and oxygen atoms in total. The van der Waals surface area contributed by atoms with Crippen molar-refractivity contribution < 1.29 is 34.2 Å². The Bertz CT molecular complexity index is 717. The van der Waals surface area contributed by atoms with Crippen LogP contribution in [0.5, 0.6) is 0 Å². The molecule has 3 amide bonds. The van der Waals surface area contributed by atoms with Gasteiger partial charge < -0.3 is 26.2 Å². The van der Waals surface area contributed by atoms with Crippen LogP contribution in [0, 0.1) is 5.41 Å². The highest BCUT2D eigenvalue weighted by Gasteiger charge is 2.42. The minimum absolute atomic E-state index is 0.233. The van der Waals surface area contributed by atoms with E-state index in [9.17, 15) is 24.4 Å². The van der Waals surface area contributed by atoms with Crippen LogP contribution in [0.3, 0.4) is 0 Å². The lowest BCUT2D eigenvalue weighted by Gasteiger charge is -2.34. The molecule has 6 N–H and O–H groups in total. The number of hydrogen-bond acceptors (Lipinski definition) is 7. The third-order valence-corrected chi connectivity index (χ3v) is 6.71. The van der Waals surface area contributed by atoms with Crippen molar-refractivity contribution in [2.75, 3.05) is 13.1 Å². The van der Waals surface area contributed by atoms with Gasteiger partial charge in [-0.1, -0.05) is 32.6 Å². The summed E-state index contributed by atoms with van der Waals surface area (Å²) in [4.78, 5) is 49.0. The molecule has 208 valence electrons. The van der Waals surface area contributed by atoms with Gasteiger partial charge >= 0.3 is 12.1 Å². The number of carboxylic acid groups (broad SMARTS) is 1. The topological polar surface area (TPSA) is 171 Å². The van der Waals surface area contributed by atoms with Gasteiger partial charge in [-0.2, -0.15) is 0 Å². The summed E-state index contributed by atoms with van der Waals surface area (Å²) in [6.07, 6.45) is 6.82. The number of nitrogens with two attached hydrogens (primary N) is 1. The highest BCUT2D eigenvalue weighted by Crippen LogP contribution is 2.29. The van der Waals surface area contributed by atoms with Crippen molar-refractivity contribution in [3.63, 3.8) is 0 Å². The van der Waals surface area contributed by atoms with Crippen LogP contribution in [0.1, 0.15) is 97.8 Å². The molecule has 0 aliphatic carbocycles. The standard InChI is InChI=1S/C25H46N4O7/c1-4-5-6-7-8-15-20(36-22(31)18(26)13-9-11-16-27-24(33)34)25(2,3)23(32)28-19-14-10-12-17-29(35)21(19)30/h18-20,27,35H,4-17,26H2,1-3H3,(H,28,32)(H,33,34)/t18-,19-,20-/m0/s1. The monoisotopic (exact) mass is 514 g/mol.